The minimum atomic E-state index is -0.647. The molecule has 5 nitrogen and oxygen atoms in total. The number of benzene rings is 1. The van der Waals surface area contributed by atoms with E-state index in [-0.39, 0.29) is 11.5 Å². The molecule has 1 aromatic carbocycles. The number of hydrogen-bond donors (Lipinski definition) is 2. The highest BCUT2D eigenvalue weighted by Crippen LogP contribution is 2.35. The van der Waals surface area contributed by atoms with Crippen LogP contribution in [0.15, 0.2) is 18.3 Å². The summed E-state index contributed by atoms with van der Waals surface area (Å²) in [5.74, 6) is -0.707. The SMILES string of the molecule is COc1c(O)cc(-c2cnn(C)c2N)cc1F. The molecule has 0 aliphatic rings. The van der Waals surface area contributed by atoms with Crippen LogP contribution in [0, 0.1) is 5.82 Å². The molecule has 0 amide bonds. The number of nitrogens with zero attached hydrogens (tertiary/aromatic N) is 2. The molecule has 1 heterocycles. The highest BCUT2D eigenvalue weighted by atomic mass is 19.1. The van der Waals surface area contributed by atoms with Crippen molar-refractivity contribution < 1.29 is 14.2 Å². The third-order valence-electron chi connectivity index (χ3n) is 2.52. The number of aromatic hydroxyl groups is 1. The first-order valence-electron chi connectivity index (χ1n) is 4.89. The van der Waals surface area contributed by atoms with Gasteiger partial charge in [-0.25, -0.2) is 4.39 Å². The van der Waals surface area contributed by atoms with Gasteiger partial charge in [-0.3, -0.25) is 4.68 Å². The van der Waals surface area contributed by atoms with Crippen molar-refractivity contribution in [1.82, 2.24) is 9.78 Å². The largest absolute Gasteiger partial charge is 0.504 e. The van der Waals surface area contributed by atoms with Crippen LogP contribution in [0.2, 0.25) is 0 Å². The van der Waals surface area contributed by atoms with Crippen molar-refractivity contribution in [3.05, 3.63) is 24.1 Å². The Balaban J connectivity index is 2.58. The van der Waals surface area contributed by atoms with E-state index in [4.69, 9.17) is 10.5 Å². The van der Waals surface area contributed by atoms with Gasteiger partial charge in [0.15, 0.2) is 17.3 Å². The Kier molecular flexibility index (Phi) is 2.63. The van der Waals surface area contributed by atoms with E-state index in [0.717, 1.165) is 0 Å². The Morgan fingerprint density at radius 3 is 2.65 bits per heavy atom. The quantitative estimate of drug-likeness (QED) is 0.830. The summed E-state index contributed by atoms with van der Waals surface area (Å²) in [4.78, 5) is 0. The van der Waals surface area contributed by atoms with E-state index in [0.29, 0.717) is 16.9 Å². The van der Waals surface area contributed by atoms with Gasteiger partial charge in [0.25, 0.3) is 0 Å². The number of phenolic OH excluding ortho intramolecular Hbond substituents is 1. The van der Waals surface area contributed by atoms with Crippen LogP contribution in [0.1, 0.15) is 0 Å². The molecule has 0 saturated heterocycles. The second-order valence-electron chi connectivity index (χ2n) is 3.58. The van der Waals surface area contributed by atoms with Gasteiger partial charge >= 0.3 is 0 Å². The Bertz CT molecular complexity index is 543. The fourth-order valence-corrected chi connectivity index (χ4v) is 1.61. The lowest BCUT2D eigenvalue weighted by molar-refractivity contribution is 0.351. The normalized spacial score (nSPS) is 10.5. The number of rotatable bonds is 2. The molecule has 0 bridgehead atoms. The smallest absolute Gasteiger partial charge is 0.196 e. The highest BCUT2D eigenvalue weighted by molar-refractivity contribution is 5.75. The maximum absolute atomic E-state index is 13.6. The highest BCUT2D eigenvalue weighted by Gasteiger charge is 2.14. The number of hydrogen-bond acceptors (Lipinski definition) is 4. The molecular formula is C11H12FN3O2. The van der Waals surface area contributed by atoms with Gasteiger partial charge in [-0.1, -0.05) is 0 Å². The molecule has 17 heavy (non-hydrogen) atoms. The van der Waals surface area contributed by atoms with Gasteiger partial charge in [-0.2, -0.15) is 5.10 Å². The summed E-state index contributed by atoms with van der Waals surface area (Å²) in [6.07, 6.45) is 1.51. The maximum Gasteiger partial charge on any atom is 0.196 e. The van der Waals surface area contributed by atoms with Crippen molar-refractivity contribution in [3.8, 4) is 22.6 Å². The number of halogens is 1. The van der Waals surface area contributed by atoms with E-state index in [9.17, 15) is 9.50 Å². The van der Waals surface area contributed by atoms with Crippen LogP contribution in [-0.2, 0) is 7.05 Å². The fraction of sp³-hybridized carbons (Fsp3) is 0.182. The molecular weight excluding hydrogens is 225 g/mol. The van der Waals surface area contributed by atoms with Crippen LogP contribution < -0.4 is 10.5 Å². The summed E-state index contributed by atoms with van der Waals surface area (Å²) < 4.78 is 19.8. The number of aromatic nitrogens is 2. The lowest BCUT2D eigenvalue weighted by atomic mass is 10.1. The first kappa shape index (κ1) is 11.3. The van der Waals surface area contributed by atoms with E-state index in [1.54, 1.807) is 7.05 Å². The number of aryl methyl sites for hydroxylation is 1. The van der Waals surface area contributed by atoms with Crippen molar-refractivity contribution in [2.75, 3.05) is 12.8 Å². The van der Waals surface area contributed by atoms with Crippen LogP contribution in [-0.4, -0.2) is 22.0 Å². The van der Waals surface area contributed by atoms with Crippen molar-refractivity contribution in [3.63, 3.8) is 0 Å². The van der Waals surface area contributed by atoms with Gasteiger partial charge in [-0.05, 0) is 17.7 Å². The van der Waals surface area contributed by atoms with Gasteiger partial charge in [0.1, 0.15) is 5.82 Å². The Labute approximate surface area is 97.2 Å². The number of methoxy groups -OCH3 is 1. The average molecular weight is 237 g/mol. The van der Waals surface area contributed by atoms with E-state index in [1.807, 2.05) is 0 Å². The van der Waals surface area contributed by atoms with Gasteiger partial charge in [0.05, 0.1) is 13.3 Å². The van der Waals surface area contributed by atoms with Gasteiger partial charge in [0.2, 0.25) is 0 Å². The topological polar surface area (TPSA) is 73.3 Å². The molecule has 1 aromatic heterocycles. The minimum absolute atomic E-state index is 0.184. The van der Waals surface area contributed by atoms with E-state index >= 15 is 0 Å². The molecule has 0 radical (unpaired) electrons. The molecule has 0 atom stereocenters. The molecule has 0 saturated carbocycles. The molecule has 0 spiro atoms. The van der Waals surface area contributed by atoms with Gasteiger partial charge < -0.3 is 15.6 Å². The van der Waals surface area contributed by atoms with E-state index < -0.39 is 5.82 Å². The average Bonchev–Trinajstić information content (AvgIpc) is 2.59. The Morgan fingerprint density at radius 2 is 2.18 bits per heavy atom. The lowest BCUT2D eigenvalue weighted by Gasteiger charge is -2.07. The molecule has 90 valence electrons. The molecule has 2 aromatic rings. The standard InChI is InChI=1S/C11H12FN3O2/c1-15-11(13)7(5-14-15)6-3-8(12)10(17-2)9(16)4-6/h3-5,16H,13H2,1-2H3. The monoisotopic (exact) mass is 237 g/mol. The lowest BCUT2D eigenvalue weighted by Crippen LogP contribution is -1.98. The van der Waals surface area contributed by atoms with Crippen molar-refractivity contribution in [2.45, 2.75) is 0 Å². The molecule has 0 aliphatic carbocycles. The van der Waals surface area contributed by atoms with Crippen LogP contribution >= 0.6 is 0 Å². The predicted molar refractivity (Wildman–Crippen MR) is 61.2 cm³/mol. The Morgan fingerprint density at radius 1 is 1.47 bits per heavy atom. The second kappa shape index (κ2) is 3.97. The number of ether oxygens (including phenoxy) is 1. The van der Waals surface area contributed by atoms with Crippen molar-refractivity contribution >= 4 is 5.82 Å². The zero-order valence-electron chi connectivity index (χ0n) is 9.44. The predicted octanol–water partition coefficient (Wildman–Crippen LogP) is 1.52. The third kappa shape index (κ3) is 1.77. The summed E-state index contributed by atoms with van der Waals surface area (Å²) in [5, 5.41) is 13.5. The first-order chi connectivity index (χ1) is 8.04. The van der Waals surface area contributed by atoms with Gasteiger partial charge in [0, 0.05) is 12.6 Å². The zero-order valence-corrected chi connectivity index (χ0v) is 9.44. The molecule has 2 rings (SSSR count). The molecule has 3 N–H and O–H groups in total. The number of nitrogen functional groups attached to an aromatic ring is 1. The van der Waals surface area contributed by atoms with Crippen LogP contribution in [0.25, 0.3) is 11.1 Å². The van der Waals surface area contributed by atoms with Crippen LogP contribution in [0.4, 0.5) is 10.2 Å². The zero-order chi connectivity index (χ0) is 12.6. The molecule has 6 heteroatoms. The van der Waals surface area contributed by atoms with E-state index in [2.05, 4.69) is 5.10 Å². The summed E-state index contributed by atoms with van der Waals surface area (Å²) in [5.41, 5.74) is 6.78. The molecule has 0 unspecified atom stereocenters. The summed E-state index contributed by atoms with van der Waals surface area (Å²) in [7, 11) is 2.97. The third-order valence-corrected chi connectivity index (χ3v) is 2.52. The van der Waals surface area contributed by atoms with Crippen LogP contribution in [0.3, 0.4) is 0 Å². The summed E-state index contributed by atoms with van der Waals surface area (Å²) in [6, 6.07) is 2.63. The fourth-order valence-electron chi connectivity index (χ4n) is 1.61. The van der Waals surface area contributed by atoms with Crippen LogP contribution in [0.5, 0.6) is 11.5 Å². The molecule has 0 aliphatic heterocycles. The summed E-state index contributed by atoms with van der Waals surface area (Å²) >= 11 is 0. The Hall–Kier alpha value is -2.24. The van der Waals surface area contributed by atoms with Crippen molar-refractivity contribution in [2.24, 2.45) is 7.05 Å². The number of phenols is 1. The minimum Gasteiger partial charge on any atom is -0.504 e. The summed E-state index contributed by atoms with van der Waals surface area (Å²) in [6.45, 7) is 0. The van der Waals surface area contributed by atoms with Gasteiger partial charge in [-0.15, -0.1) is 0 Å². The second-order valence-corrected chi connectivity index (χ2v) is 3.58. The number of nitrogens with two attached hydrogens (primary N) is 1. The molecule has 0 fully saturated rings. The van der Waals surface area contributed by atoms with E-state index in [1.165, 1.54) is 30.1 Å². The first-order valence-corrected chi connectivity index (χ1v) is 4.89. The number of anilines is 1. The van der Waals surface area contributed by atoms with Crippen molar-refractivity contribution in [1.29, 1.82) is 0 Å². The maximum atomic E-state index is 13.6.